The number of rotatable bonds is 2. The minimum atomic E-state index is -3.50. The molecule has 1 aliphatic rings. The lowest BCUT2D eigenvalue weighted by Crippen LogP contribution is -2.17. The van der Waals surface area contributed by atoms with Crippen molar-refractivity contribution in [3.05, 3.63) is 23.8 Å². The molecule has 1 aliphatic heterocycles. The number of nitrogens with two attached hydrogens (primary N) is 1. The molecule has 0 saturated heterocycles. The van der Waals surface area contributed by atoms with Gasteiger partial charge in [-0.2, -0.15) is 0 Å². The van der Waals surface area contributed by atoms with E-state index in [4.69, 9.17) is 14.6 Å². The first-order valence-corrected chi connectivity index (χ1v) is 6.15. The molecular weight excluding hydrogens is 218 g/mol. The zero-order valence-corrected chi connectivity index (χ0v) is 8.79. The quantitative estimate of drug-likeness (QED) is 0.788. The van der Waals surface area contributed by atoms with Crippen LogP contribution in [0, 0.1) is 0 Å². The average Bonchev–Trinajstić information content (AvgIpc) is 2.15. The van der Waals surface area contributed by atoms with Gasteiger partial charge in [-0.25, -0.2) is 13.6 Å². The Bertz CT molecular complexity index is 469. The number of hydrogen-bond acceptors (Lipinski definition) is 4. The van der Waals surface area contributed by atoms with Crippen molar-refractivity contribution in [3.8, 4) is 11.5 Å². The van der Waals surface area contributed by atoms with Gasteiger partial charge >= 0.3 is 0 Å². The summed E-state index contributed by atoms with van der Waals surface area (Å²) in [6, 6.07) is 4.99. The summed E-state index contributed by atoms with van der Waals surface area (Å²) in [6.07, 6.45) is 0. The van der Waals surface area contributed by atoms with E-state index in [1.165, 1.54) is 0 Å². The largest absolute Gasteiger partial charge is 0.486 e. The lowest BCUT2D eigenvalue weighted by atomic mass is 10.2. The summed E-state index contributed by atoms with van der Waals surface area (Å²) >= 11 is 0. The van der Waals surface area contributed by atoms with Crippen LogP contribution in [0.15, 0.2) is 18.2 Å². The molecule has 6 heteroatoms. The summed E-state index contributed by atoms with van der Waals surface area (Å²) < 4.78 is 32.4. The third-order valence-corrected chi connectivity index (χ3v) is 2.71. The average molecular weight is 229 g/mol. The van der Waals surface area contributed by atoms with Gasteiger partial charge < -0.3 is 9.47 Å². The number of benzene rings is 1. The molecule has 0 amide bonds. The van der Waals surface area contributed by atoms with Gasteiger partial charge in [0, 0.05) is 0 Å². The van der Waals surface area contributed by atoms with E-state index in [0.29, 0.717) is 30.3 Å². The van der Waals surface area contributed by atoms with Crippen molar-refractivity contribution >= 4 is 10.0 Å². The maximum Gasteiger partial charge on any atom is 0.213 e. The zero-order chi connectivity index (χ0) is 10.9. The van der Waals surface area contributed by atoms with Crippen LogP contribution in [0.1, 0.15) is 5.56 Å². The molecule has 2 N–H and O–H groups in total. The Kier molecular flexibility index (Phi) is 2.54. The van der Waals surface area contributed by atoms with Crippen molar-refractivity contribution in [3.63, 3.8) is 0 Å². The third kappa shape index (κ3) is 2.60. The topological polar surface area (TPSA) is 78.6 Å². The maximum absolute atomic E-state index is 10.9. The zero-order valence-electron chi connectivity index (χ0n) is 7.97. The van der Waals surface area contributed by atoms with Crippen LogP contribution in [0.4, 0.5) is 0 Å². The number of fused-ring (bicyclic) bond motifs is 1. The van der Waals surface area contributed by atoms with Crippen molar-refractivity contribution in [2.45, 2.75) is 5.75 Å². The van der Waals surface area contributed by atoms with E-state index < -0.39 is 10.0 Å². The molecule has 1 aromatic rings. The Morgan fingerprint density at radius 3 is 2.53 bits per heavy atom. The fraction of sp³-hybridized carbons (Fsp3) is 0.333. The Balaban J connectivity index is 2.28. The highest BCUT2D eigenvalue weighted by Gasteiger charge is 2.13. The fourth-order valence-electron chi connectivity index (χ4n) is 1.41. The van der Waals surface area contributed by atoms with Gasteiger partial charge in [-0.3, -0.25) is 0 Å². The van der Waals surface area contributed by atoms with Gasteiger partial charge in [0.1, 0.15) is 13.2 Å². The molecule has 0 bridgehead atoms. The molecule has 0 saturated carbocycles. The first-order valence-electron chi connectivity index (χ1n) is 4.43. The van der Waals surface area contributed by atoms with Crippen LogP contribution in [-0.4, -0.2) is 21.6 Å². The van der Waals surface area contributed by atoms with E-state index in [1.54, 1.807) is 18.2 Å². The standard InChI is InChI=1S/C9H11NO4S/c10-15(11,12)6-7-1-2-8-9(5-7)14-4-3-13-8/h1-2,5H,3-4,6H2,(H2,10,11,12). The van der Waals surface area contributed by atoms with Gasteiger partial charge in [0.2, 0.25) is 10.0 Å². The van der Waals surface area contributed by atoms with Gasteiger partial charge in [-0.05, 0) is 17.7 Å². The predicted molar refractivity (Wildman–Crippen MR) is 54.2 cm³/mol. The highest BCUT2D eigenvalue weighted by molar-refractivity contribution is 7.88. The summed E-state index contributed by atoms with van der Waals surface area (Å²) in [5, 5.41) is 4.94. The molecule has 0 spiro atoms. The molecule has 82 valence electrons. The first-order chi connectivity index (χ1) is 7.04. The van der Waals surface area contributed by atoms with Crippen LogP contribution in [0.5, 0.6) is 11.5 Å². The second-order valence-corrected chi connectivity index (χ2v) is 4.90. The first kappa shape index (κ1) is 10.3. The molecule has 1 aromatic carbocycles. The second kappa shape index (κ2) is 3.71. The molecule has 1 heterocycles. The smallest absolute Gasteiger partial charge is 0.213 e. The Morgan fingerprint density at radius 1 is 1.20 bits per heavy atom. The minimum Gasteiger partial charge on any atom is -0.486 e. The fourth-order valence-corrected chi connectivity index (χ4v) is 2.05. The molecular formula is C9H11NO4S. The molecule has 0 aliphatic carbocycles. The molecule has 0 atom stereocenters. The molecule has 0 aromatic heterocycles. The van der Waals surface area contributed by atoms with E-state index in [-0.39, 0.29) is 5.75 Å². The van der Waals surface area contributed by atoms with E-state index >= 15 is 0 Å². The Labute approximate surface area is 87.8 Å². The summed E-state index contributed by atoms with van der Waals surface area (Å²) in [7, 11) is -3.50. The van der Waals surface area contributed by atoms with E-state index in [2.05, 4.69) is 0 Å². The van der Waals surface area contributed by atoms with E-state index in [0.717, 1.165) is 0 Å². The van der Waals surface area contributed by atoms with E-state index in [9.17, 15) is 8.42 Å². The summed E-state index contributed by atoms with van der Waals surface area (Å²) in [6.45, 7) is 0.993. The summed E-state index contributed by atoms with van der Waals surface area (Å²) in [4.78, 5) is 0. The highest BCUT2D eigenvalue weighted by Crippen LogP contribution is 2.30. The van der Waals surface area contributed by atoms with Crippen LogP contribution in [0.25, 0.3) is 0 Å². The molecule has 0 unspecified atom stereocenters. The van der Waals surface area contributed by atoms with Gasteiger partial charge in [0.15, 0.2) is 11.5 Å². The SMILES string of the molecule is NS(=O)(=O)Cc1ccc2c(c1)OCCO2. The van der Waals surface area contributed by atoms with Crippen LogP contribution in [0.3, 0.4) is 0 Å². The molecule has 5 nitrogen and oxygen atoms in total. The summed E-state index contributed by atoms with van der Waals surface area (Å²) in [5.74, 6) is 1.02. The molecule has 0 radical (unpaired) electrons. The number of ether oxygens (including phenoxy) is 2. The molecule has 15 heavy (non-hydrogen) atoms. The lowest BCUT2D eigenvalue weighted by Gasteiger charge is -2.18. The van der Waals surface area contributed by atoms with Crippen molar-refractivity contribution in [2.75, 3.05) is 13.2 Å². The van der Waals surface area contributed by atoms with Crippen molar-refractivity contribution in [2.24, 2.45) is 5.14 Å². The summed E-state index contributed by atoms with van der Waals surface area (Å²) in [5.41, 5.74) is 0.599. The minimum absolute atomic E-state index is 0.191. The van der Waals surface area contributed by atoms with Crippen molar-refractivity contribution in [1.82, 2.24) is 0 Å². The van der Waals surface area contributed by atoms with Crippen molar-refractivity contribution in [1.29, 1.82) is 0 Å². The van der Waals surface area contributed by atoms with Crippen LogP contribution >= 0.6 is 0 Å². The van der Waals surface area contributed by atoms with E-state index in [1.807, 2.05) is 0 Å². The van der Waals surface area contributed by atoms with Gasteiger partial charge in [0.05, 0.1) is 5.75 Å². The van der Waals surface area contributed by atoms with Crippen molar-refractivity contribution < 1.29 is 17.9 Å². The number of primary sulfonamides is 1. The van der Waals surface area contributed by atoms with Gasteiger partial charge in [-0.15, -0.1) is 0 Å². The number of sulfonamides is 1. The van der Waals surface area contributed by atoms with Gasteiger partial charge in [-0.1, -0.05) is 6.07 Å². The maximum atomic E-state index is 10.9. The normalized spacial score (nSPS) is 15.0. The van der Waals surface area contributed by atoms with Gasteiger partial charge in [0.25, 0.3) is 0 Å². The predicted octanol–water partition coefficient (Wildman–Crippen LogP) is 0.246. The number of hydrogen-bond donors (Lipinski definition) is 1. The second-order valence-electron chi connectivity index (χ2n) is 3.29. The highest BCUT2D eigenvalue weighted by atomic mass is 32.2. The van der Waals surface area contributed by atoms with Crippen LogP contribution in [0.2, 0.25) is 0 Å². The lowest BCUT2D eigenvalue weighted by molar-refractivity contribution is 0.171. The van der Waals surface area contributed by atoms with Crippen LogP contribution in [-0.2, 0) is 15.8 Å². The monoisotopic (exact) mass is 229 g/mol. The Morgan fingerprint density at radius 2 is 1.87 bits per heavy atom. The molecule has 0 fully saturated rings. The Hall–Kier alpha value is -1.27. The van der Waals surface area contributed by atoms with Crippen LogP contribution < -0.4 is 14.6 Å². The molecule has 2 rings (SSSR count). The third-order valence-electron chi connectivity index (χ3n) is 1.97.